The first-order chi connectivity index (χ1) is 12.2. The minimum Gasteiger partial charge on any atom is -0.493 e. The summed E-state index contributed by atoms with van der Waals surface area (Å²) in [4.78, 5) is 0. The van der Waals surface area contributed by atoms with Gasteiger partial charge in [-0.2, -0.15) is 0 Å². The number of benzene rings is 1. The maximum atomic E-state index is 12.3. The average Bonchev–Trinajstić information content (AvgIpc) is 2.61. The predicted octanol–water partition coefficient (Wildman–Crippen LogP) is 2.72. The van der Waals surface area contributed by atoms with E-state index in [0.29, 0.717) is 23.9 Å². The number of aromatic nitrogens is 2. The summed E-state index contributed by atoms with van der Waals surface area (Å²) in [6.07, 6.45) is 0.740. The molecule has 0 saturated heterocycles. The number of methoxy groups -OCH3 is 2. The van der Waals surface area contributed by atoms with Crippen LogP contribution >= 0.6 is 0 Å². The van der Waals surface area contributed by atoms with E-state index in [1.165, 1.54) is 6.07 Å². The summed E-state index contributed by atoms with van der Waals surface area (Å²) >= 11 is 0. The molecule has 0 aliphatic rings. The van der Waals surface area contributed by atoms with Gasteiger partial charge in [0.25, 0.3) is 0 Å². The Hall–Kier alpha value is -2.35. The molecule has 0 amide bonds. The van der Waals surface area contributed by atoms with Crippen LogP contribution < -0.4 is 14.8 Å². The van der Waals surface area contributed by atoms with E-state index < -0.39 is 14.6 Å². The fraction of sp³-hybridized carbons (Fsp3) is 0.444. The lowest BCUT2D eigenvalue weighted by atomic mass is 10.1. The molecule has 0 aliphatic heterocycles. The highest BCUT2D eigenvalue weighted by Gasteiger charge is 2.32. The highest BCUT2D eigenvalue weighted by molar-refractivity contribution is 7.92. The van der Waals surface area contributed by atoms with Crippen LogP contribution in [0.3, 0.4) is 0 Å². The third-order valence-electron chi connectivity index (χ3n) is 3.89. The van der Waals surface area contributed by atoms with Crippen molar-refractivity contribution >= 4 is 15.7 Å². The molecular weight excluding hydrogens is 354 g/mol. The molecule has 1 aromatic heterocycles. The maximum Gasteiger partial charge on any atom is 0.202 e. The highest BCUT2D eigenvalue weighted by atomic mass is 32.2. The van der Waals surface area contributed by atoms with E-state index >= 15 is 0 Å². The van der Waals surface area contributed by atoms with Gasteiger partial charge >= 0.3 is 0 Å². The Balaban J connectivity index is 1.99. The van der Waals surface area contributed by atoms with Crippen LogP contribution in [-0.4, -0.2) is 44.1 Å². The first-order valence-corrected chi connectivity index (χ1v) is 9.70. The molecule has 8 heteroatoms. The Morgan fingerprint density at radius 1 is 1.00 bits per heavy atom. The van der Waals surface area contributed by atoms with Crippen LogP contribution in [0.2, 0.25) is 0 Å². The number of ether oxygens (including phenoxy) is 2. The van der Waals surface area contributed by atoms with Crippen LogP contribution in [0.4, 0.5) is 5.82 Å². The zero-order chi connectivity index (χ0) is 19.4. The molecule has 7 nitrogen and oxygen atoms in total. The molecule has 0 bridgehead atoms. The van der Waals surface area contributed by atoms with Crippen molar-refractivity contribution in [2.24, 2.45) is 0 Å². The Morgan fingerprint density at radius 3 is 2.23 bits per heavy atom. The summed E-state index contributed by atoms with van der Waals surface area (Å²) in [5, 5.41) is 10.9. The predicted molar refractivity (Wildman–Crippen MR) is 101 cm³/mol. The van der Waals surface area contributed by atoms with E-state index in [4.69, 9.17) is 9.47 Å². The smallest absolute Gasteiger partial charge is 0.202 e. The van der Waals surface area contributed by atoms with Gasteiger partial charge in [0.1, 0.15) is 5.82 Å². The van der Waals surface area contributed by atoms with E-state index in [9.17, 15) is 8.42 Å². The number of hydrogen-bond acceptors (Lipinski definition) is 7. The summed E-state index contributed by atoms with van der Waals surface area (Å²) in [5.74, 6) is 1.89. The minimum absolute atomic E-state index is 0.0181. The molecule has 0 unspecified atom stereocenters. The lowest BCUT2D eigenvalue weighted by Crippen LogP contribution is -2.29. The van der Waals surface area contributed by atoms with Crippen molar-refractivity contribution in [3.63, 3.8) is 0 Å². The second-order valence-corrected chi connectivity index (χ2v) is 9.39. The lowest BCUT2D eigenvalue weighted by molar-refractivity contribution is 0.354. The fourth-order valence-electron chi connectivity index (χ4n) is 2.24. The summed E-state index contributed by atoms with van der Waals surface area (Å²) in [6.45, 7) is 5.54. The van der Waals surface area contributed by atoms with Gasteiger partial charge in [0.05, 0.1) is 19.0 Å². The van der Waals surface area contributed by atoms with Gasteiger partial charge in [-0.1, -0.05) is 6.07 Å². The Kier molecular flexibility index (Phi) is 6.07. The molecule has 26 heavy (non-hydrogen) atoms. The molecule has 142 valence electrons. The Labute approximate surface area is 154 Å². The van der Waals surface area contributed by atoms with Crippen LogP contribution in [0.25, 0.3) is 0 Å². The molecular formula is C18H25N3O4S. The van der Waals surface area contributed by atoms with Crippen molar-refractivity contribution < 1.29 is 17.9 Å². The second kappa shape index (κ2) is 7.90. The standard InChI is InChI=1S/C18H25N3O4S/c1-18(2,3)26(22,23)17-9-8-16(20-21-17)19-11-10-13-6-7-14(24-4)15(12-13)25-5/h6-9,12H,10-11H2,1-5H3,(H,19,20). The molecule has 0 atom stereocenters. The number of rotatable bonds is 7. The van der Waals surface area contributed by atoms with E-state index in [0.717, 1.165) is 12.0 Å². The third-order valence-corrected chi connectivity index (χ3v) is 6.27. The number of nitrogens with zero attached hydrogens (tertiary/aromatic N) is 2. The molecule has 0 aliphatic carbocycles. The van der Waals surface area contributed by atoms with E-state index in [1.807, 2.05) is 18.2 Å². The molecule has 1 N–H and O–H groups in total. The lowest BCUT2D eigenvalue weighted by Gasteiger charge is -2.18. The van der Waals surface area contributed by atoms with Crippen LogP contribution in [-0.2, 0) is 16.3 Å². The van der Waals surface area contributed by atoms with Crippen molar-refractivity contribution in [3.8, 4) is 11.5 Å². The van der Waals surface area contributed by atoms with Crippen LogP contribution in [0.5, 0.6) is 11.5 Å². The van der Waals surface area contributed by atoms with Gasteiger partial charge in [0, 0.05) is 6.54 Å². The molecule has 0 fully saturated rings. The normalized spacial score (nSPS) is 11.9. The third kappa shape index (κ3) is 4.43. The highest BCUT2D eigenvalue weighted by Crippen LogP contribution is 2.27. The zero-order valence-electron chi connectivity index (χ0n) is 15.7. The minimum atomic E-state index is -3.50. The molecule has 0 saturated carbocycles. The first kappa shape index (κ1) is 20.0. The van der Waals surface area contributed by atoms with Crippen molar-refractivity contribution in [2.75, 3.05) is 26.1 Å². The number of nitrogens with one attached hydrogen (secondary N) is 1. The number of anilines is 1. The Bertz CT molecular complexity index is 844. The fourth-order valence-corrected chi connectivity index (χ4v) is 3.27. The Morgan fingerprint density at radius 2 is 1.69 bits per heavy atom. The first-order valence-electron chi connectivity index (χ1n) is 8.22. The van der Waals surface area contributed by atoms with Crippen molar-refractivity contribution in [1.82, 2.24) is 10.2 Å². The van der Waals surface area contributed by atoms with Crippen molar-refractivity contribution in [2.45, 2.75) is 37.0 Å². The zero-order valence-corrected chi connectivity index (χ0v) is 16.6. The van der Waals surface area contributed by atoms with Crippen LogP contribution in [0.1, 0.15) is 26.3 Å². The van der Waals surface area contributed by atoms with Crippen molar-refractivity contribution in [1.29, 1.82) is 0 Å². The van der Waals surface area contributed by atoms with E-state index in [2.05, 4.69) is 15.5 Å². The van der Waals surface area contributed by atoms with Gasteiger partial charge in [-0.05, 0) is 57.0 Å². The SMILES string of the molecule is COc1ccc(CCNc2ccc(S(=O)(=O)C(C)(C)C)nn2)cc1OC. The monoisotopic (exact) mass is 379 g/mol. The van der Waals surface area contributed by atoms with E-state index in [1.54, 1.807) is 41.1 Å². The van der Waals surface area contributed by atoms with Crippen molar-refractivity contribution in [3.05, 3.63) is 35.9 Å². The van der Waals surface area contributed by atoms with Gasteiger partial charge < -0.3 is 14.8 Å². The molecule has 0 radical (unpaired) electrons. The molecule has 2 rings (SSSR count). The number of sulfone groups is 1. The van der Waals surface area contributed by atoms with Crippen LogP contribution in [0, 0.1) is 0 Å². The quantitative estimate of drug-likeness (QED) is 0.791. The van der Waals surface area contributed by atoms with Gasteiger partial charge in [0.15, 0.2) is 16.5 Å². The maximum absolute atomic E-state index is 12.3. The summed E-state index contributed by atoms with van der Waals surface area (Å²) in [5.41, 5.74) is 1.08. The molecule has 2 aromatic rings. The van der Waals surface area contributed by atoms with Gasteiger partial charge in [-0.3, -0.25) is 0 Å². The van der Waals surface area contributed by atoms with Gasteiger partial charge in [0.2, 0.25) is 9.84 Å². The topological polar surface area (TPSA) is 90.4 Å². The molecule has 1 aromatic carbocycles. The van der Waals surface area contributed by atoms with Gasteiger partial charge in [-0.25, -0.2) is 8.42 Å². The summed E-state index contributed by atoms with van der Waals surface area (Å²) in [7, 11) is -0.300. The van der Waals surface area contributed by atoms with Crippen LogP contribution in [0.15, 0.2) is 35.4 Å². The number of hydrogen-bond donors (Lipinski definition) is 1. The molecule has 1 heterocycles. The second-order valence-electron chi connectivity index (χ2n) is 6.74. The largest absolute Gasteiger partial charge is 0.493 e. The summed E-state index contributed by atoms with van der Waals surface area (Å²) < 4.78 is 34.3. The van der Waals surface area contributed by atoms with E-state index in [-0.39, 0.29) is 5.03 Å². The molecule has 0 spiro atoms. The summed E-state index contributed by atoms with van der Waals surface area (Å²) in [6, 6.07) is 8.85. The average molecular weight is 379 g/mol. The van der Waals surface area contributed by atoms with Gasteiger partial charge in [-0.15, -0.1) is 10.2 Å².